The predicted molar refractivity (Wildman–Crippen MR) is 70.0 cm³/mol. The van der Waals surface area contributed by atoms with Crippen LogP contribution in [0.2, 0.25) is 0 Å². The van der Waals surface area contributed by atoms with Crippen LogP contribution in [0.3, 0.4) is 0 Å². The fourth-order valence-corrected chi connectivity index (χ4v) is 2.84. The van der Waals surface area contributed by atoms with E-state index in [0.717, 1.165) is 12.8 Å². The van der Waals surface area contributed by atoms with E-state index >= 15 is 0 Å². The maximum atomic E-state index is 12.0. The topological polar surface area (TPSA) is 69.6 Å². The van der Waals surface area contributed by atoms with Crippen molar-refractivity contribution in [2.45, 2.75) is 52.6 Å². The van der Waals surface area contributed by atoms with Gasteiger partial charge in [-0.25, -0.2) is 0 Å². The minimum Gasteiger partial charge on any atom is -0.389 e. The molecule has 0 saturated heterocycles. The van der Waals surface area contributed by atoms with Gasteiger partial charge >= 0.3 is 0 Å². The van der Waals surface area contributed by atoms with E-state index in [-0.39, 0.29) is 6.54 Å². The van der Waals surface area contributed by atoms with Gasteiger partial charge in [-0.1, -0.05) is 20.8 Å². The molecule has 0 rings (SSSR count). The smallest absolute Gasteiger partial charge is 0.279 e. The molecule has 0 saturated carbocycles. The lowest BCUT2D eigenvalue weighted by atomic mass is 10.1. The molecule has 0 bridgehead atoms. The molecule has 0 aromatic carbocycles. The first kappa shape index (κ1) is 16.8. The Kier molecular flexibility index (Phi) is 7.23. The van der Waals surface area contributed by atoms with Crippen molar-refractivity contribution < 1.29 is 13.5 Å². The molecule has 0 aliphatic rings. The third-order valence-corrected chi connectivity index (χ3v) is 4.24. The van der Waals surface area contributed by atoms with Gasteiger partial charge < -0.3 is 5.11 Å². The highest BCUT2D eigenvalue weighted by atomic mass is 32.2. The van der Waals surface area contributed by atoms with E-state index in [1.54, 1.807) is 6.92 Å². The molecule has 5 nitrogen and oxygen atoms in total. The van der Waals surface area contributed by atoms with Crippen molar-refractivity contribution in [2.75, 3.05) is 19.6 Å². The summed E-state index contributed by atoms with van der Waals surface area (Å²) in [6.45, 7) is 8.41. The van der Waals surface area contributed by atoms with Gasteiger partial charge in [-0.15, -0.1) is 0 Å². The normalized spacial score (nSPS) is 16.1. The van der Waals surface area contributed by atoms with Gasteiger partial charge in [0.25, 0.3) is 10.2 Å². The van der Waals surface area contributed by atoms with Crippen LogP contribution in [-0.2, 0) is 10.2 Å². The van der Waals surface area contributed by atoms with Crippen molar-refractivity contribution in [3.05, 3.63) is 0 Å². The molecule has 0 aromatic rings. The Morgan fingerprint density at radius 1 is 1.18 bits per heavy atom. The van der Waals surface area contributed by atoms with Crippen LogP contribution in [0, 0.1) is 0 Å². The number of aliphatic hydroxyl groups is 1. The Morgan fingerprint density at radius 2 is 1.65 bits per heavy atom. The summed E-state index contributed by atoms with van der Waals surface area (Å²) in [6, 6.07) is 0. The van der Waals surface area contributed by atoms with E-state index < -0.39 is 15.8 Å². The summed E-state index contributed by atoms with van der Waals surface area (Å²) in [5.74, 6) is 0. The second-order valence-corrected chi connectivity index (χ2v) is 6.33. The lowest BCUT2D eigenvalue weighted by Gasteiger charge is -2.26. The minimum atomic E-state index is -3.47. The SMILES string of the molecule is CCCN(CCC)S(=O)(=O)NCC(C)(O)CC. The van der Waals surface area contributed by atoms with E-state index in [2.05, 4.69) is 4.72 Å². The van der Waals surface area contributed by atoms with E-state index in [0.29, 0.717) is 19.5 Å². The molecule has 104 valence electrons. The Balaban J connectivity index is 4.52. The maximum Gasteiger partial charge on any atom is 0.279 e. The number of rotatable bonds is 9. The predicted octanol–water partition coefficient (Wildman–Crippen LogP) is 1.10. The van der Waals surface area contributed by atoms with Crippen LogP contribution in [0.1, 0.15) is 47.0 Å². The summed E-state index contributed by atoms with van der Waals surface area (Å²) in [5, 5.41) is 9.78. The van der Waals surface area contributed by atoms with E-state index in [1.165, 1.54) is 4.31 Å². The number of hydrogen-bond acceptors (Lipinski definition) is 3. The van der Waals surface area contributed by atoms with Gasteiger partial charge in [0.15, 0.2) is 0 Å². The molecular formula is C11H26N2O3S. The van der Waals surface area contributed by atoms with Gasteiger partial charge in [-0.3, -0.25) is 0 Å². The van der Waals surface area contributed by atoms with Gasteiger partial charge in [0, 0.05) is 19.6 Å². The third kappa shape index (κ3) is 6.35. The summed E-state index contributed by atoms with van der Waals surface area (Å²) in [5.41, 5.74) is -0.989. The molecule has 0 aromatic heterocycles. The largest absolute Gasteiger partial charge is 0.389 e. The molecule has 1 atom stereocenters. The van der Waals surface area contributed by atoms with Gasteiger partial charge in [0.05, 0.1) is 5.60 Å². The van der Waals surface area contributed by atoms with Crippen LogP contribution < -0.4 is 4.72 Å². The monoisotopic (exact) mass is 266 g/mol. The molecule has 1 unspecified atom stereocenters. The number of nitrogens with one attached hydrogen (secondary N) is 1. The lowest BCUT2D eigenvalue weighted by Crippen LogP contribution is -2.47. The first-order valence-electron chi connectivity index (χ1n) is 6.26. The quantitative estimate of drug-likeness (QED) is 0.656. The van der Waals surface area contributed by atoms with Crippen molar-refractivity contribution in [3.63, 3.8) is 0 Å². The van der Waals surface area contributed by atoms with Gasteiger partial charge in [0.2, 0.25) is 0 Å². The molecule has 0 amide bonds. The Labute approximate surface area is 105 Å². The van der Waals surface area contributed by atoms with Crippen LogP contribution in [0.15, 0.2) is 0 Å². The Bertz CT molecular complexity index is 296. The van der Waals surface area contributed by atoms with Crippen molar-refractivity contribution in [2.24, 2.45) is 0 Å². The molecule has 6 heteroatoms. The van der Waals surface area contributed by atoms with E-state index in [9.17, 15) is 13.5 Å². The molecule has 0 heterocycles. The average Bonchev–Trinajstić information content (AvgIpc) is 2.27. The number of nitrogens with zero attached hydrogens (tertiary/aromatic N) is 1. The van der Waals surface area contributed by atoms with Gasteiger partial charge in [0.1, 0.15) is 0 Å². The third-order valence-electron chi connectivity index (χ3n) is 2.68. The molecule has 0 aliphatic carbocycles. The second kappa shape index (κ2) is 7.31. The maximum absolute atomic E-state index is 12.0. The zero-order valence-corrected chi connectivity index (χ0v) is 12.2. The molecule has 2 N–H and O–H groups in total. The highest BCUT2D eigenvalue weighted by Crippen LogP contribution is 2.08. The first-order chi connectivity index (χ1) is 7.79. The molecule has 17 heavy (non-hydrogen) atoms. The molecule has 0 fully saturated rings. The van der Waals surface area contributed by atoms with Crippen molar-refractivity contribution >= 4 is 10.2 Å². The highest BCUT2D eigenvalue weighted by Gasteiger charge is 2.25. The second-order valence-electron chi connectivity index (χ2n) is 4.58. The van der Waals surface area contributed by atoms with E-state index in [4.69, 9.17) is 0 Å². The summed E-state index contributed by atoms with van der Waals surface area (Å²) in [7, 11) is -3.47. The fraction of sp³-hybridized carbons (Fsp3) is 1.00. The van der Waals surface area contributed by atoms with Crippen LogP contribution in [0.25, 0.3) is 0 Å². The summed E-state index contributed by atoms with van der Waals surface area (Å²) in [4.78, 5) is 0. The van der Waals surface area contributed by atoms with Gasteiger partial charge in [-0.05, 0) is 26.2 Å². The minimum absolute atomic E-state index is 0.0514. The fourth-order valence-electron chi connectivity index (χ4n) is 1.31. The molecule has 0 aliphatic heterocycles. The molecule has 0 spiro atoms. The lowest BCUT2D eigenvalue weighted by molar-refractivity contribution is 0.0609. The first-order valence-corrected chi connectivity index (χ1v) is 7.70. The molecular weight excluding hydrogens is 240 g/mol. The van der Waals surface area contributed by atoms with Crippen LogP contribution in [0.5, 0.6) is 0 Å². The summed E-state index contributed by atoms with van der Waals surface area (Å²) >= 11 is 0. The summed E-state index contributed by atoms with van der Waals surface area (Å²) in [6.07, 6.45) is 2.08. The highest BCUT2D eigenvalue weighted by molar-refractivity contribution is 7.87. The zero-order valence-electron chi connectivity index (χ0n) is 11.4. The van der Waals surface area contributed by atoms with E-state index in [1.807, 2.05) is 20.8 Å². The Morgan fingerprint density at radius 3 is 2.00 bits per heavy atom. The molecule has 0 radical (unpaired) electrons. The van der Waals surface area contributed by atoms with Gasteiger partial charge in [-0.2, -0.15) is 17.4 Å². The summed E-state index contributed by atoms with van der Waals surface area (Å²) < 4.78 is 27.9. The average molecular weight is 266 g/mol. The van der Waals surface area contributed by atoms with Crippen LogP contribution in [-0.4, -0.2) is 43.1 Å². The van der Waals surface area contributed by atoms with Crippen molar-refractivity contribution in [3.8, 4) is 0 Å². The Hall–Kier alpha value is -0.170. The van der Waals surface area contributed by atoms with Crippen molar-refractivity contribution in [1.82, 2.24) is 9.03 Å². The standard InChI is InChI=1S/C11H26N2O3S/c1-5-8-13(9-6-2)17(15,16)12-10-11(4,14)7-3/h12,14H,5-10H2,1-4H3. The van der Waals surface area contributed by atoms with Crippen LogP contribution >= 0.6 is 0 Å². The van der Waals surface area contributed by atoms with Crippen molar-refractivity contribution in [1.29, 1.82) is 0 Å². The number of hydrogen-bond donors (Lipinski definition) is 2. The zero-order chi connectivity index (χ0) is 13.5. The van der Waals surface area contributed by atoms with Crippen LogP contribution in [0.4, 0.5) is 0 Å².